The SMILES string of the molecule is CCCOc1c[nH]c(Cn2ccc(C=O)n2)cc1=O. The van der Waals surface area contributed by atoms with Gasteiger partial charge in [0.15, 0.2) is 12.0 Å². The third-order valence-electron chi connectivity index (χ3n) is 2.51. The van der Waals surface area contributed by atoms with Crippen molar-refractivity contribution in [3.8, 4) is 5.75 Å². The minimum absolute atomic E-state index is 0.162. The molecule has 0 bridgehead atoms. The second-order valence-electron chi connectivity index (χ2n) is 4.09. The Morgan fingerprint density at radius 1 is 1.53 bits per heavy atom. The number of nitrogens with one attached hydrogen (secondary N) is 1. The first-order chi connectivity index (χ1) is 9.22. The normalized spacial score (nSPS) is 10.4. The largest absolute Gasteiger partial charge is 0.488 e. The Morgan fingerprint density at radius 2 is 2.37 bits per heavy atom. The van der Waals surface area contributed by atoms with Gasteiger partial charge in [-0.15, -0.1) is 0 Å². The predicted octanol–water partition coefficient (Wildman–Crippen LogP) is 1.22. The summed E-state index contributed by atoms with van der Waals surface area (Å²) in [6, 6.07) is 3.09. The summed E-state index contributed by atoms with van der Waals surface area (Å²) < 4.78 is 6.89. The van der Waals surface area contributed by atoms with Gasteiger partial charge in [-0.1, -0.05) is 6.92 Å². The van der Waals surface area contributed by atoms with Crippen molar-refractivity contribution in [3.63, 3.8) is 0 Å². The Bertz CT molecular complexity index is 616. The smallest absolute Gasteiger partial charge is 0.223 e. The highest BCUT2D eigenvalue weighted by molar-refractivity contribution is 5.71. The molecule has 2 rings (SSSR count). The van der Waals surface area contributed by atoms with E-state index in [1.54, 1.807) is 23.1 Å². The van der Waals surface area contributed by atoms with Gasteiger partial charge in [-0.05, 0) is 12.5 Å². The van der Waals surface area contributed by atoms with Crippen molar-refractivity contribution in [1.82, 2.24) is 14.8 Å². The molecule has 0 fully saturated rings. The molecule has 0 amide bonds. The van der Waals surface area contributed by atoms with Crippen LogP contribution in [0.15, 0.2) is 29.3 Å². The molecule has 0 spiro atoms. The first kappa shape index (κ1) is 13.1. The summed E-state index contributed by atoms with van der Waals surface area (Å²) in [6.45, 7) is 2.90. The Hall–Kier alpha value is -2.37. The lowest BCUT2D eigenvalue weighted by Crippen LogP contribution is -2.12. The average molecular weight is 261 g/mol. The predicted molar refractivity (Wildman–Crippen MR) is 69.6 cm³/mol. The van der Waals surface area contributed by atoms with Gasteiger partial charge in [0.25, 0.3) is 0 Å². The zero-order valence-electron chi connectivity index (χ0n) is 10.6. The lowest BCUT2D eigenvalue weighted by Gasteiger charge is -2.05. The molecule has 0 saturated carbocycles. The Morgan fingerprint density at radius 3 is 3.00 bits per heavy atom. The number of rotatable bonds is 6. The van der Waals surface area contributed by atoms with E-state index < -0.39 is 0 Å². The van der Waals surface area contributed by atoms with Crippen molar-refractivity contribution >= 4 is 6.29 Å². The van der Waals surface area contributed by atoms with E-state index in [0.717, 1.165) is 6.42 Å². The van der Waals surface area contributed by atoms with Gasteiger partial charge in [-0.2, -0.15) is 5.10 Å². The van der Waals surface area contributed by atoms with Gasteiger partial charge >= 0.3 is 0 Å². The van der Waals surface area contributed by atoms with Crippen molar-refractivity contribution in [1.29, 1.82) is 0 Å². The molecule has 2 heterocycles. The van der Waals surface area contributed by atoms with Crippen LogP contribution < -0.4 is 10.2 Å². The summed E-state index contributed by atoms with van der Waals surface area (Å²) in [6.07, 6.45) is 4.77. The van der Waals surface area contributed by atoms with Gasteiger partial charge in [-0.3, -0.25) is 14.3 Å². The number of hydrogen-bond acceptors (Lipinski definition) is 4. The highest BCUT2D eigenvalue weighted by Crippen LogP contribution is 2.04. The standard InChI is InChI=1S/C13H15N3O3/c1-2-5-19-13-7-14-11(6-12(13)18)8-16-4-3-10(9-17)15-16/h3-4,6-7,9H,2,5,8H2,1H3,(H,14,18). The highest BCUT2D eigenvalue weighted by atomic mass is 16.5. The molecule has 6 nitrogen and oxygen atoms in total. The van der Waals surface area contributed by atoms with Gasteiger partial charge in [-0.25, -0.2) is 0 Å². The molecule has 2 aromatic rings. The number of carbonyl (C=O) groups is 1. The average Bonchev–Trinajstić information content (AvgIpc) is 2.85. The molecule has 0 radical (unpaired) electrons. The number of aromatic amines is 1. The number of carbonyl (C=O) groups excluding carboxylic acids is 1. The van der Waals surface area contributed by atoms with E-state index >= 15 is 0 Å². The zero-order valence-corrected chi connectivity index (χ0v) is 10.6. The monoisotopic (exact) mass is 261 g/mol. The van der Waals surface area contributed by atoms with Crippen LogP contribution in [-0.4, -0.2) is 27.7 Å². The van der Waals surface area contributed by atoms with Gasteiger partial charge < -0.3 is 9.72 Å². The van der Waals surface area contributed by atoms with Gasteiger partial charge in [0.1, 0.15) is 5.69 Å². The molecule has 0 aliphatic carbocycles. The second-order valence-corrected chi connectivity index (χ2v) is 4.09. The van der Waals surface area contributed by atoms with E-state index in [-0.39, 0.29) is 5.43 Å². The van der Waals surface area contributed by atoms with Crippen LogP contribution >= 0.6 is 0 Å². The number of nitrogens with zero attached hydrogens (tertiary/aromatic N) is 2. The van der Waals surface area contributed by atoms with Crippen LogP contribution in [0.3, 0.4) is 0 Å². The van der Waals surface area contributed by atoms with Crippen LogP contribution in [0.1, 0.15) is 29.5 Å². The maximum absolute atomic E-state index is 11.8. The zero-order chi connectivity index (χ0) is 13.7. The van der Waals surface area contributed by atoms with Crippen molar-refractivity contribution in [2.24, 2.45) is 0 Å². The Labute approximate surface area is 110 Å². The fourth-order valence-corrected chi connectivity index (χ4v) is 1.62. The Kier molecular flexibility index (Phi) is 4.12. The van der Waals surface area contributed by atoms with Crippen LogP contribution in [0, 0.1) is 0 Å². The third-order valence-corrected chi connectivity index (χ3v) is 2.51. The number of aldehydes is 1. The molecule has 0 aliphatic heterocycles. The lowest BCUT2D eigenvalue weighted by atomic mass is 10.3. The van der Waals surface area contributed by atoms with Crippen LogP contribution in [0.5, 0.6) is 5.75 Å². The molecule has 0 aliphatic rings. The summed E-state index contributed by atoms with van der Waals surface area (Å²) in [5.41, 5.74) is 0.907. The Balaban J connectivity index is 2.11. The van der Waals surface area contributed by atoms with E-state index in [9.17, 15) is 9.59 Å². The number of ether oxygens (including phenoxy) is 1. The van der Waals surface area contributed by atoms with Gasteiger partial charge in [0.2, 0.25) is 5.43 Å². The van der Waals surface area contributed by atoms with E-state index in [4.69, 9.17) is 4.74 Å². The van der Waals surface area contributed by atoms with E-state index in [0.29, 0.717) is 36.6 Å². The quantitative estimate of drug-likeness (QED) is 0.793. The van der Waals surface area contributed by atoms with Crippen molar-refractivity contribution in [2.45, 2.75) is 19.9 Å². The number of hydrogen-bond donors (Lipinski definition) is 1. The maximum atomic E-state index is 11.8. The van der Waals surface area contributed by atoms with Crippen molar-refractivity contribution < 1.29 is 9.53 Å². The van der Waals surface area contributed by atoms with Crippen LogP contribution in [0.4, 0.5) is 0 Å². The van der Waals surface area contributed by atoms with Crippen molar-refractivity contribution in [2.75, 3.05) is 6.61 Å². The fourth-order valence-electron chi connectivity index (χ4n) is 1.62. The molecule has 0 unspecified atom stereocenters. The molecule has 0 atom stereocenters. The molecule has 19 heavy (non-hydrogen) atoms. The summed E-state index contributed by atoms with van der Waals surface area (Å²) in [7, 11) is 0. The number of H-pyrrole nitrogens is 1. The molecule has 1 N–H and O–H groups in total. The third kappa shape index (κ3) is 3.31. The van der Waals surface area contributed by atoms with Crippen LogP contribution in [0.25, 0.3) is 0 Å². The van der Waals surface area contributed by atoms with E-state index in [1.165, 1.54) is 6.07 Å². The van der Waals surface area contributed by atoms with Gasteiger partial charge in [0.05, 0.1) is 13.2 Å². The van der Waals surface area contributed by atoms with E-state index in [1.807, 2.05) is 6.92 Å². The molecular weight excluding hydrogens is 246 g/mol. The molecule has 0 saturated heterocycles. The minimum atomic E-state index is -0.162. The maximum Gasteiger partial charge on any atom is 0.223 e. The molecular formula is C13H15N3O3. The molecule has 100 valence electrons. The number of pyridine rings is 1. The summed E-state index contributed by atoms with van der Waals surface area (Å²) in [5, 5.41) is 4.02. The summed E-state index contributed by atoms with van der Waals surface area (Å²) in [4.78, 5) is 25.3. The fraction of sp³-hybridized carbons (Fsp3) is 0.308. The second kappa shape index (κ2) is 5.99. The van der Waals surface area contributed by atoms with Gasteiger partial charge in [0, 0.05) is 24.2 Å². The van der Waals surface area contributed by atoms with E-state index in [2.05, 4.69) is 10.1 Å². The summed E-state index contributed by atoms with van der Waals surface area (Å²) in [5.74, 6) is 0.319. The molecule has 6 heteroatoms. The topological polar surface area (TPSA) is 77.0 Å². The first-order valence-corrected chi connectivity index (χ1v) is 6.06. The van der Waals surface area contributed by atoms with Crippen LogP contribution in [0.2, 0.25) is 0 Å². The summed E-state index contributed by atoms with van der Waals surface area (Å²) >= 11 is 0. The number of aromatic nitrogens is 3. The van der Waals surface area contributed by atoms with Crippen molar-refractivity contribution in [3.05, 3.63) is 46.1 Å². The molecule has 2 aromatic heterocycles. The lowest BCUT2D eigenvalue weighted by molar-refractivity contribution is 0.111. The molecule has 0 aromatic carbocycles. The highest BCUT2D eigenvalue weighted by Gasteiger charge is 2.04. The van der Waals surface area contributed by atoms with Crippen LogP contribution in [-0.2, 0) is 6.54 Å². The first-order valence-electron chi connectivity index (χ1n) is 6.06. The minimum Gasteiger partial charge on any atom is -0.488 e.